The Labute approximate surface area is 107 Å². The fourth-order valence-corrected chi connectivity index (χ4v) is 2.49. The zero-order valence-corrected chi connectivity index (χ0v) is 12.0. The summed E-state index contributed by atoms with van der Waals surface area (Å²) in [5, 5.41) is 0. The second kappa shape index (κ2) is 8.54. The van der Waals surface area contributed by atoms with Gasteiger partial charge in [0, 0.05) is 20.0 Å². The lowest BCUT2D eigenvalue weighted by Crippen LogP contribution is -2.24. The Morgan fingerprint density at radius 2 is 1.88 bits per heavy atom. The van der Waals surface area contributed by atoms with Gasteiger partial charge < -0.3 is 4.90 Å². The molecule has 0 saturated carbocycles. The van der Waals surface area contributed by atoms with Crippen molar-refractivity contribution >= 4 is 5.84 Å². The molecule has 0 spiro atoms. The molecule has 0 aromatic carbocycles. The maximum Gasteiger partial charge on any atom is 0.0990 e. The predicted molar refractivity (Wildman–Crippen MR) is 76.7 cm³/mol. The van der Waals surface area contributed by atoms with Gasteiger partial charge in [-0.1, -0.05) is 58.8 Å². The lowest BCUT2D eigenvalue weighted by atomic mass is 9.98. The summed E-state index contributed by atoms with van der Waals surface area (Å²) in [4.78, 5) is 6.89. The lowest BCUT2D eigenvalue weighted by Gasteiger charge is -2.17. The molecule has 1 rings (SSSR count). The van der Waals surface area contributed by atoms with E-state index in [0.717, 1.165) is 19.0 Å². The van der Waals surface area contributed by atoms with Gasteiger partial charge in [0.25, 0.3) is 0 Å². The number of hydrogen-bond acceptors (Lipinski definition) is 2. The predicted octanol–water partition coefficient (Wildman–Crippen LogP) is 4.11. The maximum absolute atomic E-state index is 4.57. The van der Waals surface area contributed by atoms with Crippen molar-refractivity contribution in [3.63, 3.8) is 0 Å². The molecule has 0 bridgehead atoms. The van der Waals surface area contributed by atoms with Crippen molar-refractivity contribution in [3.05, 3.63) is 0 Å². The number of amidine groups is 1. The molecule has 0 amide bonds. The summed E-state index contributed by atoms with van der Waals surface area (Å²) in [6, 6.07) is 0. The SMILES string of the molecule is CCCCCCCCC(C)CC1=NCCN1C. The summed E-state index contributed by atoms with van der Waals surface area (Å²) in [6.07, 6.45) is 11.0. The van der Waals surface area contributed by atoms with E-state index in [4.69, 9.17) is 0 Å². The molecule has 0 radical (unpaired) electrons. The molecular weight excluding hydrogens is 208 g/mol. The number of nitrogens with zero attached hydrogens (tertiary/aromatic N) is 2. The van der Waals surface area contributed by atoms with Crippen LogP contribution in [0.25, 0.3) is 0 Å². The van der Waals surface area contributed by atoms with Crippen LogP contribution in [0.5, 0.6) is 0 Å². The molecule has 0 aromatic rings. The molecular formula is C15H30N2. The third kappa shape index (κ3) is 6.09. The van der Waals surface area contributed by atoms with E-state index in [0.29, 0.717) is 0 Å². The molecule has 0 fully saturated rings. The topological polar surface area (TPSA) is 15.6 Å². The van der Waals surface area contributed by atoms with Crippen LogP contribution in [0.3, 0.4) is 0 Å². The van der Waals surface area contributed by atoms with Gasteiger partial charge in [0.2, 0.25) is 0 Å². The summed E-state index contributed by atoms with van der Waals surface area (Å²) < 4.78 is 0. The van der Waals surface area contributed by atoms with E-state index in [2.05, 4.69) is 30.8 Å². The van der Waals surface area contributed by atoms with Crippen LogP contribution < -0.4 is 0 Å². The molecule has 1 atom stereocenters. The van der Waals surface area contributed by atoms with E-state index < -0.39 is 0 Å². The Morgan fingerprint density at radius 3 is 2.53 bits per heavy atom. The summed E-state index contributed by atoms with van der Waals surface area (Å²) >= 11 is 0. The second-order valence-corrected chi connectivity index (χ2v) is 5.59. The van der Waals surface area contributed by atoms with Crippen molar-refractivity contribution in [2.75, 3.05) is 20.1 Å². The van der Waals surface area contributed by atoms with Crippen molar-refractivity contribution in [1.82, 2.24) is 4.90 Å². The molecule has 1 heterocycles. The van der Waals surface area contributed by atoms with Gasteiger partial charge in [-0.2, -0.15) is 0 Å². The highest BCUT2D eigenvalue weighted by Gasteiger charge is 2.14. The highest BCUT2D eigenvalue weighted by Crippen LogP contribution is 2.17. The minimum atomic E-state index is 0.806. The molecule has 2 nitrogen and oxygen atoms in total. The average Bonchev–Trinajstić information content (AvgIpc) is 2.69. The normalized spacial score (nSPS) is 17.4. The largest absolute Gasteiger partial charge is 0.362 e. The van der Waals surface area contributed by atoms with Gasteiger partial charge in [0.15, 0.2) is 0 Å². The van der Waals surface area contributed by atoms with Crippen LogP contribution in [-0.2, 0) is 0 Å². The molecule has 0 saturated heterocycles. The zero-order valence-electron chi connectivity index (χ0n) is 12.0. The van der Waals surface area contributed by atoms with Crippen LogP contribution in [0.4, 0.5) is 0 Å². The standard InChI is InChI=1S/C15H30N2/c1-4-5-6-7-8-9-10-14(2)13-15-16-11-12-17(15)3/h14H,4-13H2,1-3H3. The first kappa shape index (κ1) is 14.5. The summed E-state index contributed by atoms with van der Waals surface area (Å²) in [7, 11) is 2.17. The van der Waals surface area contributed by atoms with E-state index in [1.165, 1.54) is 57.2 Å². The van der Waals surface area contributed by atoms with E-state index >= 15 is 0 Å². The Hall–Kier alpha value is -0.530. The van der Waals surface area contributed by atoms with Crippen LogP contribution in [0.2, 0.25) is 0 Å². The third-order valence-corrected chi connectivity index (χ3v) is 3.75. The first-order chi connectivity index (χ1) is 8.24. The van der Waals surface area contributed by atoms with Crippen molar-refractivity contribution in [2.24, 2.45) is 10.9 Å². The van der Waals surface area contributed by atoms with Gasteiger partial charge >= 0.3 is 0 Å². The minimum Gasteiger partial charge on any atom is -0.362 e. The molecule has 2 heteroatoms. The summed E-state index contributed by atoms with van der Waals surface area (Å²) in [5.41, 5.74) is 0. The molecule has 1 unspecified atom stereocenters. The van der Waals surface area contributed by atoms with Crippen LogP contribution in [0.15, 0.2) is 4.99 Å². The molecule has 0 aliphatic carbocycles. The molecule has 0 N–H and O–H groups in total. The van der Waals surface area contributed by atoms with Gasteiger partial charge in [-0.3, -0.25) is 4.99 Å². The number of unbranched alkanes of at least 4 members (excludes halogenated alkanes) is 5. The summed E-state index contributed by atoms with van der Waals surface area (Å²) in [5.74, 6) is 2.14. The van der Waals surface area contributed by atoms with Crippen molar-refractivity contribution in [1.29, 1.82) is 0 Å². The average molecular weight is 238 g/mol. The lowest BCUT2D eigenvalue weighted by molar-refractivity contribution is 0.470. The van der Waals surface area contributed by atoms with Crippen LogP contribution in [-0.4, -0.2) is 30.9 Å². The van der Waals surface area contributed by atoms with Crippen LogP contribution in [0.1, 0.15) is 65.2 Å². The smallest absolute Gasteiger partial charge is 0.0990 e. The van der Waals surface area contributed by atoms with E-state index in [1.54, 1.807) is 0 Å². The Balaban J connectivity index is 1.99. The first-order valence-electron chi connectivity index (χ1n) is 7.48. The van der Waals surface area contributed by atoms with Gasteiger partial charge in [-0.25, -0.2) is 0 Å². The highest BCUT2D eigenvalue weighted by molar-refractivity contribution is 5.83. The van der Waals surface area contributed by atoms with E-state index in [1.807, 2.05) is 0 Å². The van der Waals surface area contributed by atoms with Gasteiger partial charge in [0.05, 0.1) is 12.4 Å². The van der Waals surface area contributed by atoms with Crippen LogP contribution in [0, 0.1) is 5.92 Å². The Bertz CT molecular complexity index is 223. The van der Waals surface area contributed by atoms with Crippen LogP contribution >= 0.6 is 0 Å². The van der Waals surface area contributed by atoms with E-state index in [-0.39, 0.29) is 0 Å². The number of hydrogen-bond donors (Lipinski definition) is 0. The fraction of sp³-hybridized carbons (Fsp3) is 0.933. The first-order valence-corrected chi connectivity index (χ1v) is 7.48. The van der Waals surface area contributed by atoms with Gasteiger partial charge in [-0.05, 0) is 5.92 Å². The van der Waals surface area contributed by atoms with Crippen molar-refractivity contribution in [3.8, 4) is 0 Å². The second-order valence-electron chi connectivity index (χ2n) is 5.59. The van der Waals surface area contributed by atoms with Crippen molar-refractivity contribution in [2.45, 2.75) is 65.2 Å². The highest BCUT2D eigenvalue weighted by atomic mass is 15.2. The molecule has 1 aliphatic rings. The molecule has 100 valence electrons. The Morgan fingerprint density at radius 1 is 1.18 bits per heavy atom. The monoisotopic (exact) mass is 238 g/mol. The minimum absolute atomic E-state index is 0.806. The number of aliphatic imine (C=N–C) groups is 1. The van der Waals surface area contributed by atoms with Gasteiger partial charge in [0.1, 0.15) is 0 Å². The Kier molecular flexibility index (Phi) is 7.30. The van der Waals surface area contributed by atoms with E-state index in [9.17, 15) is 0 Å². The molecule has 17 heavy (non-hydrogen) atoms. The quantitative estimate of drug-likeness (QED) is 0.552. The molecule has 0 aromatic heterocycles. The number of likely N-dealkylation sites (N-methyl/N-ethyl adjacent to an activating group) is 1. The summed E-state index contributed by atoms with van der Waals surface area (Å²) in [6.45, 7) is 6.79. The molecule has 1 aliphatic heterocycles. The maximum atomic E-state index is 4.57. The van der Waals surface area contributed by atoms with Crippen molar-refractivity contribution < 1.29 is 0 Å². The third-order valence-electron chi connectivity index (χ3n) is 3.75. The zero-order chi connectivity index (χ0) is 12.5. The van der Waals surface area contributed by atoms with Gasteiger partial charge in [-0.15, -0.1) is 0 Å². The number of rotatable bonds is 9. The fourth-order valence-electron chi connectivity index (χ4n) is 2.49.